The van der Waals surface area contributed by atoms with E-state index >= 15 is 0 Å². The lowest BCUT2D eigenvalue weighted by Gasteiger charge is -2.32. The number of hydrazone groups is 1. The Morgan fingerprint density at radius 3 is 2.53 bits per heavy atom. The van der Waals surface area contributed by atoms with Gasteiger partial charge >= 0.3 is 0 Å². The number of rotatable bonds is 11. The number of piperidine rings is 1. The van der Waals surface area contributed by atoms with Gasteiger partial charge in [0.15, 0.2) is 11.5 Å². The van der Waals surface area contributed by atoms with Crippen molar-refractivity contribution < 1.29 is 14.3 Å². The van der Waals surface area contributed by atoms with Crippen LogP contribution in [0, 0.1) is 5.92 Å². The lowest BCUT2D eigenvalue weighted by molar-refractivity contribution is 0.0955. The average Bonchev–Trinajstić information content (AvgIpc) is 2.94. The maximum atomic E-state index is 12.6. The van der Waals surface area contributed by atoms with Gasteiger partial charge in [0.25, 0.3) is 5.91 Å². The number of nitrogens with one attached hydrogen (secondary N) is 1. The molecule has 7 heteroatoms. The number of ether oxygens (including phenoxy) is 2. The highest BCUT2D eigenvalue weighted by Crippen LogP contribution is 2.36. The van der Waals surface area contributed by atoms with Crippen LogP contribution in [0.5, 0.6) is 11.5 Å². The van der Waals surface area contributed by atoms with Crippen LogP contribution in [0.4, 0.5) is 0 Å². The van der Waals surface area contributed by atoms with Crippen molar-refractivity contribution >= 4 is 28.1 Å². The van der Waals surface area contributed by atoms with Crippen molar-refractivity contribution in [1.82, 2.24) is 10.3 Å². The number of hydrogen-bond acceptors (Lipinski definition) is 5. The second kappa shape index (κ2) is 13.9. The third-order valence-electron chi connectivity index (χ3n) is 6.67. The van der Waals surface area contributed by atoms with Crippen LogP contribution in [0.1, 0.15) is 39.9 Å². The molecule has 1 amide bonds. The Labute approximate surface area is 233 Å². The zero-order valence-electron chi connectivity index (χ0n) is 21.7. The standard InChI is InChI=1S/C31H34BrN3O3/c1-3-17-38-30-28(32)19-26(20-29(30)37-2)21-33-34-31(36)27-11-9-25(10-12-27)22-35-15-13-24(14-16-35)18-23-7-5-4-6-8-23/h3-12,19-21,24H,1,13-18,22H2,2H3,(H,34,36)/b33-21-. The first-order valence-corrected chi connectivity index (χ1v) is 13.6. The summed E-state index contributed by atoms with van der Waals surface area (Å²) in [5.41, 5.74) is 6.56. The monoisotopic (exact) mass is 575 g/mol. The highest BCUT2D eigenvalue weighted by atomic mass is 79.9. The first-order chi connectivity index (χ1) is 18.6. The van der Waals surface area contributed by atoms with Gasteiger partial charge in [0, 0.05) is 12.1 Å². The first-order valence-electron chi connectivity index (χ1n) is 12.9. The normalized spacial score (nSPS) is 14.4. The quantitative estimate of drug-likeness (QED) is 0.167. The van der Waals surface area contributed by atoms with Gasteiger partial charge in [-0.05, 0) is 95.2 Å². The fourth-order valence-corrected chi connectivity index (χ4v) is 5.22. The van der Waals surface area contributed by atoms with Crippen molar-refractivity contribution in [3.8, 4) is 11.5 Å². The Morgan fingerprint density at radius 2 is 1.84 bits per heavy atom. The van der Waals surface area contributed by atoms with Crippen LogP contribution >= 0.6 is 15.9 Å². The summed E-state index contributed by atoms with van der Waals surface area (Å²) in [5.74, 6) is 1.65. The van der Waals surface area contributed by atoms with Gasteiger partial charge in [-0.25, -0.2) is 5.43 Å². The molecule has 3 aromatic carbocycles. The Bertz CT molecular complexity index is 1240. The summed E-state index contributed by atoms with van der Waals surface area (Å²) < 4.78 is 11.8. The van der Waals surface area contributed by atoms with E-state index in [9.17, 15) is 4.79 Å². The van der Waals surface area contributed by atoms with Crippen molar-refractivity contribution in [3.63, 3.8) is 0 Å². The second-order valence-corrected chi connectivity index (χ2v) is 10.3. The van der Waals surface area contributed by atoms with E-state index in [1.54, 1.807) is 25.5 Å². The molecule has 3 aromatic rings. The van der Waals surface area contributed by atoms with Gasteiger partial charge in [-0.3, -0.25) is 9.69 Å². The second-order valence-electron chi connectivity index (χ2n) is 9.44. The van der Waals surface area contributed by atoms with E-state index in [0.717, 1.165) is 35.6 Å². The minimum Gasteiger partial charge on any atom is -0.493 e. The average molecular weight is 577 g/mol. The molecule has 1 heterocycles. The Kier molecular flexibility index (Phi) is 10.1. The van der Waals surface area contributed by atoms with Crippen LogP contribution in [-0.4, -0.2) is 43.8 Å². The van der Waals surface area contributed by atoms with E-state index in [2.05, 4.69) is 68.3 Å². The summed E-state index contributed by atoms with van der Waals surface area (Å²) in [6.45, 7) is 7.15. The lowest BCUT2D eigenvalue weighted by atomic mass is 9.90. The molecular weight excluding hydrogens is 542 g/mol. The minimum atomic E-state index is -0.258. The van der Waals surface area contributed by atoms with E-state index in [-0.39, 0.29) is 5.91 Å². The molecule has 4 rings (SSSR count). The van der Waals surface area contributed by atoms with Crippen LogP contribution in [0.15, 0.2) is 89.0 Å². The van der Waals surface area contributed by atoms with E-state index in [1.165, 1.54) is 30.4 Å². The molecule has 1 N–H and O–H groups in total. The molecule has 1 saturated heterocycles. The van der Waals surface area contributed by atoms with Crippen LogP contribution in [0.3, 0.4) is 0 Å². The number of hydrogen-bond donors (Lipinski definition) is 1. The molecular formula is C31H34BrN3O3. The maximum Gasteiger partial charge on any atom is 0.271 e. The number of carbonyl (C=O) groups is 1. The Balaban J connectivity index is 1.25. The van der Waals surface area contributed by atoms with E-state index in [4.69, 9.17) is 9.47 Å². The van der Waals surface area contributed by atoms with Gasteiger partial charge in [-0.2, -0.15) is 5.10 Å². The first kappa shape index (κ1) is 27.6. The fourth-order valence-electron chi connectivity index (χ4n) is 4.64. The summed E-state index contributed by atoms with van der Waals surface area (Å²) in [6.07, 6.45) is 6.85. The molecule has 0 bridgehead atoms. The molecule has 6 nitrogen and oxygen atoms in total. The molecule has 0 spiro atoms. The molecule has 38 heavy (non-hydrogen) atoms. The number of benzene rings is 3. The van der Waals surface area contributed by atoms with Crippen molar-refractivity contribution in [2.75, 3.05) is 26.8 Å². The van der Waals surface area contributed by atoms with Gasteiger partial charge in [0.05, 0.1) is 17.8 Å². The minimum absolute atomic E-state index is 0.258. The van der Waals surface area contributed by atoms with E-state index in [1.807, 2.05) is 30.3 Å². The van der Waals surface area contributed by atoms with Crippen molar-refractivity contribution in [3.05, 3.63) is 106 Å². The highest BCUT2D eigenvalue weighted by Gasteiger charge is 2.19. The molecule has 0 aromatic heterocycles. The lowest BCUT2D eigenvalue weighted by Crippen LogP contribution is -2.33. The van der Waals surface area contributed by atoms with Crippen molar-refractivity contribution in [2.45, 2.75) is 25.8 Å². The molecule has 0 radical (unpaired) electrons. The van der Waals surface area contributed by atoms with Gasteiger partial charge in [-0.15, -0.1) is 0 Å². The summed E-state index contributed by atoms with van der Waals surface area (Å²) in [6, 6.07) is 22.2. The van der Waals surface area contributed by atoms with Gasteiger partial charge in [0.1, 0.15) is 6.61 Å². The third kappa shape index (κ3) is 7.79. The van der Waals surface area contributed by atoms with E-state index < -0.39 is 0 Å². The topological polar surface area (TPSA) is 63.2 Å². The number of likely N-dealkylation sites (tertiary alicyclic amines) is 1. The molecule has 0 unspecified atom stereocenters. The summed E-state index contributed by atoms with van der Waals surface area (Å²) in [4.78, 5) is 15.1. The number of amides is 1. The van der Waals surface area contributed by atoms with Crippen LogP contribution in [0.2, 0.25) is 0 Å². The van der Waals surface area contributed by atoms with Crippen LogP contribution in [0.25, 0.3) is 0 Å². The molecule has 0 atom stereocenters. The summed E-state index contributed by atoms with van der Waals surface area (Å²) in [5, 5.41) is 4.11. The summed E-state index contributed by atoms with van der Waals surface area (Å²) in [7, 11) is 1.57. The van der Waals surface area contributed by atoms with Crippen LogP contribution < -0.4 is 14.9 Å². The van der Waals surface area contributed by atoms with Crippen molar-refractivity contribution in [2.24, 2.45) is 11.0 Å². The maximum absolute atomic E-state index is 12.6. The fraction of sp³-hybridized carbons (Fsp3) is 0.290. The van der Waals surface area contributed by atoms with E-state index in [0.29, 0.717) is 23.7 Å². The molecule has 198 valence electrons. The zero-order chi connectivity index (χ0) is 26.7. The number of methoxy groups -OCH3 is 1. The number of carbonyl (C=O) groups excluding carboxylic acids is 1. The number of halogens is 1. The summed E-state index contributed by atoms with van der Waals surface area (Å²) >= 11 is 3.49. The molecule has 0 saturated carbocycles. The number of nitrogens with zero attached hydrogens (tertiary/aromatic N) is 2. The molecule has 0 aliphatic carbocycles. The predicted octanol–water partition coefficient (Wildman–Crippen LogP) is 6.24. The largest absolute Gasteiger partial charge is 0.493 e. The van der Waals surface area contributed by atoms with Crippen LogP contribution in [-0.2, 0) is 13.0 Å². The predicted molar refractivity (Wildman–Crippen MR) is 156 cm³/mol. The third-order valence-corrected chi connectivity index (χ3v) is 7.26. The van der Waals surface area contributed by atoms with Gasteiger partial charge in [0.2, 0.25) is 0 Å². The molecule has 1 fully saturated rings. The Hall–Kier alpha value is -3.42. The van der Waals surface area contributed by atoms with Crippen molar-refractivity contribution in [1.29, 1.82) is 0 Å². The highest BCUT2D eigenvalue weighted by molar-refractivity contribution is 9.10. The SMILES string of the molecule is C=CCOc1c(Br)cc(/C=N\NC(=O)c2ccc(CN3CCC(Cc4ccccc4)CC3)cc2)cc1OC. The van der Waals surface area contributed by atoms with Gasteiger partial charge in [-0.1, -0.05) is 55.1 Å². The zero-order valence-corrected chi connectivity index (χ0v) is 23.3. The Morgan fingerprint density at radius 1 is 1.11 bits per heavy atom. The molecule has 1 aliphatic heterocycles. The molecule has 1 aliphatic rings. The smallest absolute Gasteiger partial charge is 0.271 e. The van der Waals surface area contributed by atoms with Gasteiger partial charge < -0.3 is 9.47 Å².